The van der Waals surface area contributed by atoms with Gasteiger partial charge in [0.05, 0.1) is 7.11 Å². The lowest BCUT2D eigenvalue weighted by molar-refractivity contribution is 0.415. The van der Waals surface area contributed by atoms with Crippen LogP contribution < -0.4 is 10.1 Å². The Bertz CT molecular complexity index is 983. The standard InChI is InChI=1S/C19H17N3O2/c1-13-6-11-16(24-13)18-19(22-12-4-3-5-17(22)21-18)20-14-7-9-15(23-2)10-8-14/h3-12,20H,1-2H3. The van der Waals surface area contributed by atoms with Crippen LogP contribution in [0.4, 0.5) is 11.5 Å². The molecule has 0 amide bonds. The highest BCUT2D eigenvalue weighted by Gasteiger charge is 2.16. The molecule has 1 N–H and O–H groups in total. The Kier molecular flexibility index (Phi) is 3.46. The van der Waals surface area contributed by atoms with Gasteiger partial charge in [0.2, 0.25) is 0 Å². The van der Waals surface area contributed by atoms with Gasteiger partial charge >= 0.3 is 0 Å². The second kappa shape index (κ2) is 5.77. The number of pyridine rings is 1. The maximum Gasteiger partial charge on any atom is 0.156 e. The molecule has 4 aromatic rings. The van der Waals surface area contributed by atoms with E-state index in [2.05, 4.69) is 5.32 Å². The zero-order chi connectivity index (χ0) is 16.5. The first-order valence-corrected chi connectivity index (χ1v) is 7.69. The number of aromatic nitrogens is 2. The predicted octanol–water partition coefficient (Wildman–Crippen LogP) is 4.65. The molecule has 0 fully saturated rings. The first kappa shape index (κ1) is 14.4. The maximum absolute atomic E-state index is 5.78. The molecule has 0 aliphatic heterocycles. The normalized spacial score (nSPS) is 10.9. The third-order valence-corrected chi connectivity index (χ3v) is 3.86. The van der Waals surface area contributed by atoms with Gasteiger partial charge < -0.3 is 14.5 Å². The lowest BCUT2D eigenvalue weighted by atomic mass is 10.3. The van der Waals surface area contributed by atoms with E-state index in [9.17, 15) is 0 Å². The fourth-order valence-corrected chi connectivity index (χ4v) is 2.66. The fraction of sp³-hybridized carbons (Fsp3) is 0.105. The molecule has 0 radical (unpaired) electrons. The second-order valence-electron chi connectivity index (χ2n) is 5.50. The largest absolute Gasteiger partial charge is 0.497 e. The molecule has 1 aromatic carbocycles. The van der Waals surface area contributed by atoms with Crippen LogP contribution in [0.15, 0.2) is 65.2 Å². The van der Waals surface area contributed by atoms with Crippen LogP contribution in [0.3, 0.4) is 0 Å². The highest BCUT2D eigenvalue weighted by molar-refractivity contribution is 5.77. The molecule has 5 heteroatoms. The van der Waals surface area contributed by atoms with Crippen molar-refractivity contribution < 1.29 is 9.15 Å². The number of rotatable bonds is 4. The Morgan fingerprint density at radius 1 is 1.04 bits per heavy atom. The number of nitrogens with one attached hydrogen (secondary N) is 1. The summed E-state index contributed by atoms with van der Waals surface area (Å²) in [6, 6.07) is 17.6. The van der Waals surface area contributed by atoms with E-state index in [-0.39, 0.29) is 0 Å². The molecule has 4 rings (SSSR count). The molecule has 3 heterocycles. The molecule has 0 spiro atoms. The van der Waals surface area contributed by atoms with Crippen LogP contribution in [-0.2, 0) is 0 Å². The van der Waals surface area contributed by atoms with E-state index < -0.39 is 0 Å². The van der Waals surface area contributed by atoms with E-state index in [0.717, 1.165) is 40.1 Å². The Morgan fingerprint density at radius 2 is 1.88 bits per heavy atom. The average Bonchev–Trinajstić information content (AvgIpc) is 3.20. The number of ether oxygens (including phenoxy) is 1. The summed E-state index contributed by atoms with van der Waals surface area (Å²) in [6.45, 7) is 1.93. The van der Waals surface area contributed by atoms with Gasteiger partial charge in [0, 0.05) is 11.9 Å². The molecule has 0 aliphatic rings. The van der Waals surface area contributed by atoms with Crippen molar-refractivity contribution in [2.24, 2.45) is 0 Å². The quantitative estimate of drug-likeness (QED) is 0.594. The number of furan rings is 1. The zero-order valence-electron chi connectivity index (χ0n) is 13.5. The molecule has 120 valence electrons. The number of benzene rings is 1. The van der Waals surface area contributed by atoms with Crippen LogP contribution in [0, 0.1) is 6.92 Å². The third-order valence-electron chi connectivity index (χ3n) is 3.86. The molecule has 0 saturated heterocycles. The summed E-state index contributed by atoms with van der Waals surface area (Å²) in [4.78, 5) is 4.71. The van der Waals surface area contributed by atoms with Crippen LogP contribution in [0.2, 0.25) is 0 Å². The minimum atomic E-state index is 0.743. The molecule has 0 bridgehead atoms. The number of fused-ring (bicyclic) bond motifs is 1. The summed E-state index contributed by atoms with van der Waals surface area (Å²) in [6.07, 6.45) is 1.98. The molecular weight excluding hydrogens is 302 g/mol. The molecule has 0 aliphatic carbocycles. The van der Waals surface area contributed by atoms with Gasteiger partial charge in [-0.15, -0.1) is 0 Å². The SMILES string of the molecule is COc1ccc(Nc2c(-c3ccc(C)o3)nc3ccccn23)cc1. The minimum absolute atomic E-state index is 0.743. The molecule has 0 saturated carbocycles. The number of hydrogen-bond donors (Lipinski definition) is 1. The summed E-state index contributed by atoms with van der Waals surface area (Å²) >= 11 is 0. The maximum atomic E-state index is 5.78. The number of imidazole rings is 1. The van der Waals surface area contributed by atoms with Gasteiger partial charge in [0.25, 0.3) is 0 Å². The second-order valence-corrected chi connectivity index (χ2v) is 5.50. The van der Waals surface area contributed by atoms with E-state index in [1.165, 1.54) is 0 Å². The van der Waals surface area contributed by atoms with Crippen LogP contribution in [0.1, 0.15) is 5.76 Å². The van der Waals surface area contributed by atoms with Crippen LogP contribution in [-0.4, -0.2) is 16.5 Å². The number of methoxy groups -OCH3 is 1. The van der Waals surface area contributed by atoms with Crippen molar-refractivity contribution in [2.45, 2.75) is 6.92 Å². The van der Waals surface area contributed by atoms with E-state index >= 15 is 0 Å². The summed E-state index contributed by atoms with van der Waals surface area (Å²) in [5.74, 6) is 3.29. The minimum Gasteiger partial charge on any atom is -0.497 e. The van der Waals surface area contributed by atoms with E-state index in [4.69, 9.17) is 14.1 Å². The zero-order valence-corrected chi connectivity index (χ0v) is 13.5. The Hall–Kier alpha value is -3.21. The van der Waals surface area contributed by atoms with E-state index in [0.29, 0.717) is 0 Å². The van der Waals surface area contributed by atoms with Gasteiger partial charge in [0.15, 0.2) is 5.76 Å². The molecule has 3 aromatic heterocycles. The number of nitrogens with zero attached hydrogens (tertiary/aromatic N) is 2. The molecule has 0 atom stereocenters. The first-order chi connectivity index (χ1) is 11.7. The number of hydrogen-bond acceptors (Lipinski definition) is 4. The monoisotopic (exact) mass is 319 g/mol. The van der Waals surface area contributed by atoms with Gasteiger partial charge in [-0.25, -0.2) is 4.98 Å². The highest BCUT2D eigenvalue weighted by Crippen LogP contribution is 2.32. The first-order valence-electron chi connectivity index (χ1n) is 7.69. The van der Waals surface area contributed by atoms with Gasteiger partial charge in [-0.2, -0.15) is 0 Å². The Morgan fingerprint density at radius 3 is 2.58 bits per heavy atom. The van der Waals surface area contributed by atoms with Gasteiger partial charge in [0.1, 0.15) is 28.7 Å². The highest BCUT2D eigenvalue weighted by atomic mass is 16.5. The van der Waals surface area contributed by atoms with Crippen LogP contribution >= 0.6 is 0 Å². The molecule has 5 nitrogen and oxygen atoms in total. The van der Waals surface area contributed by atoms with Crippen molar-refractivity contribution in [1.29, 1.82) is 0 Å². The van der Waals surface area contributed by atoms with Crippen LogP contribution in [0.5, 0.6) is 5.75 Å². The summed E-state index contributed by atoms with van der Waals surface area (Å²) in [5, 5.41) is 3.44. The van der Waals surface area contributed by atoms with Gasteiger partial charge in [-0.1, -0.05) is 6.07 Å². The molecule has 24 heavy (non-hydrogen) atoms. The van der Waals surface area contributed by atoms with E-state index in [1.807, 2.05) is 72.1 Å². The topological polar surface area (TPSA) is 51.7 Å². The lowest BCUT2D eigenvalue weighted by Crippen LogP contribution is -1.96. The summed E-state index contributed by atoms with van der Waals surface area (Å²) in [5.41, 5.74) is 2.59. The van der Waals surface area contributed by atoms with Crippen molar-refractivity contribution in [1.82, 2.24) is 9.38 Å². The smallest absolute Gasteiger partial charge is 0.156 e. The third kappa shape index (κ3) is 2.50. The Labute approximate surface area is 139 Å². The molecule has 0 unspecified atom stereocenters. The van der Waals surface area contributed by atoms with Gasteiger partial charge in [-0.3, -0.25) is 4.40 Å². The molecular formula is C19H17N3O2. The van der Waals surface area contributed by atoms with Crippen molar-refractivity contribution in [3.05, 3.63) is 66.6 Å². The van der Waals surface area contributed by atoms with E-state index in [1.54, 1.807) is 7.11 Å². The van der Waals surface area contributed by atoms with Crippen molar-refractivity contribution in [3.8, 4) is 17.2 Å². The average molecular weight is 319 g/mol. The Balaban J connectivity index is 1.82. The number of aryl methyl sites for hydroxylation is 1. The van der Waals surface area contributed by atoms with Crippen molar-refractivity contribution in [3.63, 3.8) is 0 Å². The van der Waals surface area contributed by atoms with Crippen LogP contribution in [0.25, 0.3) is 17.1 Å². The number of anilines is 2. The predicted molar refractivity (Wildman–Crippen MR) is 93.9 cm³/mol. The fourth-order valence-electron chi connectivity index (χ4n) is 2.66. The summed E-state index contributed by atoms with van der Waals surface area (Å²) < 4.78 is 13.0. The van der Waals surface area contributed by atoms with Gasteiger partial charge in [-0.05, 0) is 55.5 Å². The summed E-state index contributed by atoms with van der Waals surface area (Å²) in [7, 11) is 1.66. The lowest BCUT2D eigenvalue weighted by Gasteiger charge is -2.08. The van der Waals surface area contributed by atoms with Crippen molar-refractivity contribution >= 4 is 17.2 Å². The van der Waals surface area contributed by atoms with Crippen molar-refractivity contribution in [2.75, 3.05) is 12.4 Å².